The van der Waals surface area contributed by atoms with Crippen molar-refractivity contribution in [2.75, 3.05) is 29.5 Å². The number of thioether (sulfide) groups is 1. The van der Waals surface area contributed by atoms with E-state index in [4.69, 9.17) is 0 Å². The number of fused-ring (bicyclic) bond motifs is 1. The minimum Gasteiger partial charge on any atom is -0.478 e. The van der Waals surface area contributed by atoms with Crippen molar-refractivity contribution in [1.82, 2.24) is 4.98 Å². The largest absolute Gasteiger partial charge is 0.478 e. The van der Waals surface area contributed by atoms with Crippen molar-refractivity contribution in [1.29, 1.82) is 0 Å². The first-order chi connectivity index (χ1) is 9.27. The number of aromatic nitrogens is 1. The van der Waals surface area contributed by atoms with E-state index in [1.807, 2.05) is 36.0 Å². The second-order valence-electron chi connectivity index (χ2n) is 4.45. The molecular formula is C14H14N2O2S. The maximum Gasteiger partial charge on any atom is 0.337 e. The van der Waals surface area contributed by atoms with E-state index in [9.17, 15) is 9.90 Å². The predicted molar refractivity (Wildman–Crippen MR) is 78.2 cm³/mol. The molecule has 4 nitrogen and oxygen atoms in total. The number of anilines is 1. The molecule has 0 atom stereocenters. The van der Waals surface area contributed by atoms with Gasteiger partial charge in [0.25, 0.3) is 0 Å². The van der Waals surface area contributed by atoms with Crippen LogP contribution in [0.1, 0.15) is 10.4 Å². The molecule has 1 aliphatic heterocycles. The Bertz CT molecular complexity index is 624. The van der Waals surface area contributed by atoms with Crippen LogP contribution in [0, 0.1) is 0 Å². The van der Waals surface area contributed by atoms with Crippen molar-refractivity contribution < 1.29 is 9.90 Å². The molecule has 1 aromatic carbocycles. The first-order valence-corrected chi connectivity index (χ1v) is 7.36. The van der Waals surface area contributed by atoms with Gasteiger partial charge in [0.05, 0.1) is 5.56 Å². The number of benzene rings is 1. The zero-order valence-electron chi connectivity index (χ0n) is 10.4. The number of carbonyl (C=O) groups is 1. The van der Waals surface area contributed by atoms with Crippen LogP contribution in [0.25, 0.3) is 10.8 Å². The third kappa shape index (κ3) is 2.26. The van der Waals surface area contributed by atoms with Gasteiger partial charge < -0.3 is 10.0 Å². The van der Waals surface area contributed by atoms with Gasteiger partial charge in [0, 0.05) is 41.6 Å². The predicted octanol–water partition coefficient (Wildman–Crippen LogP) is 2.49. The van der Waals surface area contributed by atoms with Crippen LogP contribution in [-0.4, -0.2) is 40.7 Å². The molecule has 1 aliphatic rings. The highest BCUT2D eigenvalue weighted by Crippen LogP contribution is 2.28. The van der Waals surface area contributed by atoms with Crippen LogP contribution in [-0.2, 0) is 0 Å². The molecule has 1 aromatic heterocycles. The van der Waals surface area contributed by atoms with E-state index in [2.05, 4.69) is 9.88 Å². The van der Waals surface area contributed by atoms with Crippen molar-refractivity contribution in [3.05, 3.63) is 36.0 Å². The van der Waals surface area contributed by atoms with E-state index in [-0.39, 0.29) is 5.56 Å². The SMILES string of the molecule is O=C(O)c1cnc(N2CCSCC2)c2ccccc12. The van der Waals surface area contributed by atoms with E-state index in [1.165, 1.54) is 6.20 Å². The van der Waals surface area contributed by atoms with Crippen molar-refractivity contribution in [2.45, 2.75) is 0 Å². The minimum atomic E-state index is -0.926. The molecule has 0 bridgehead atoms. The zero-order chi connectivity index (χ0) is 13.2. The highest BCUT2D eigenvalue weighted by atomic mass is 32.2. The molecule has 19 heavy (non-hydrogen) atoms. The van der Waals surface area contributed by atoms with Gasteiger partial charge in [0.2, 0.25) is 0 Å². The van der Waals surface area contributed by atoms with Crippen LogP contribution >= 0.6 is 11.8 Å². The lowest BCUT2D eigenvalue weighted by molar-refractivity contribution is 0.0698. The summed E-state index contributed by atoms with van der Waals surface area (Å²) in [5, 5.41) is 10.9. The van der Waals surface area contributed by atoms with Crippen molar-refractivity contribution in [3.8, 4) is 0 Å². The molecule has 98 valence electrons. The molecule has 2 heterocycles. The number of aromatic carboxylic acids is 1. The summed E-state index contributed by atoms with van der Waals surface area (Å²) in [5.41, 5.74) is 0.269. The Morgan fingerprint density at radius 2 is 1.89 bits per heavy atom. The van der Waals surface area contributed by atoms with Gasteiger partial charge in [-0.2, -0.15) is 11.8 Å². The maximum atomic E-state index is 11.2. The fraction of sp³-hybridized carbons (Fsp3) is 0.286. The molecule has 1 N–H and O–H groups in total. The Hall–Kier alpha value is -1.75. The molecule has 5 heteroatoms. The average Bonchev–Trinajstić information content (AvgIpc) is 2.47. The van der Waals surface area contributed by atoms with Gasteiger partial charge >= 0.3 is 5.97 Å². The molecule has 2 aromatic rings. The number of carboxylic acids is 1. The number of hydrogen-bond acceptors (Lipinski definition) is 4. The summed E-state index contributed by atoms with van der Waals surface area (Å²) in [6.07, 6.45) is 1.47. The van der Waals surface area contributed by atoms with E-state index in [1.54, 1.807) is 0 Å². The highest BCUT2D eigenvalue weighted by molar-refractivity contribution is 7.99. The van der Waals surface area contributed by atoms with E-state index >= 15 is 0 Å². The van der Waals surface area contributed by atoms with Gasteiger partial charge in [-0.3, -0.25) is 0 Å². The quantitative estimate of drug-likeness (QED) is 0.911. The summed E-state index contributed by atoms with van der Waals surface area (Å²) in [5.74, 6) is 2.17. The van der Waals surface area contributed by atoms with Crippen molar-refractivity contribution in [3.63, 3.8) is 0 Å². The molecule has 0 aliphatic carbocycles. The Morgan fingerprint density at radius 1 is 1.21 bits per heavy atom. The van der Waals surface area contributed by atoms with Crippen LogP contribution < -0.4 is 4.90 Å². The van der Waals surface area contributed by atoms with Gasteiger partial charge in [-0.15, -0.1) is 0 Å². The van der Waals surface area contributed by atoms with E-state index in [0.29, 0.717) is 0 Å². The van der Waals surface area contributed by atoms with Gasteiger partial charge in [-0.05, 0) is 0 Å². The molecule has 0 radical (unpaired) electrons. The summed E-state index contributed by atoms with van der Waals surface area (Å²) in [7, 11) is 0. The molecular weight excluding hydrogens is 260 g/mol. The average molecular weight is 274 g/mol. The maximum absolute atomic E-state index is 11.2. The summed E-state index contributed by atoms with van der Waals surface area (Å²) in [4.78, 5) is 17.9. The van der Waals surface area contributed by atoms with E-state index in [0.717, 1.165) is 41.2 Å². The molecule has 1 fully saturated rings. The molecule has 3 rings (SSSR count). The fourth-order valence-corrected chi connectivity index (χ4v) is 3.28. The number of nitrogens with zero attached hydrogens (tertiary/aromatic N) is 2. The number of pyridine rings is 1. The monoisotopic (exact) mass is 274 g/mol. The van der Waals surface area contributed by atoms with Gasteiger partial charge in [0.15, 0.2) is 0 Å². The molecule has 0 spiro atoms. The topological polar surface area (TPSA) is 53.4 Å². The molecule has 1 saturated heterocycles. The second kappa shape index (κ2) is 5.09. The molecule has 0 unspecified atom stereocenters. The third-order valence-electron chi connectivity index (χ3n) is 3.32. The fourth-order valence-electron chi connectivity index (χ4n) is 2.38. The smallest absolute Gasteiger partial charge is 0.337 e. The zero-order valence-corrected chi connectivity index (χ0v) is 11.2. The molecule has 0 saturated carbocycles. The lowest BCUT2D eigenvalue weighted by Gasteiger charge is -2.28. The van der Waals surface area contributed by atoms with Crippen molar-refractivity contribution in [2.24, 2.45) is 0 Å². The Labute approximate surface area is 115 Å². The highest BCUT2D eigenvalue weighted by Gasteiger charge is 2.18. The number of hydrogen-bond donors (Lipinski definition) is 1. The number of rotatable bonds is 2. The van der Waals surface area contributed by atoms with E-state index < -0.39 is 5.97 Å². The minimum absolute atomic E-state index is 0.269. The Balaban J connectivity index is 2.15. The van der Waals surface area contributed by atoms with Gasteiger partial charge in [-0.25, -0.2) is 9.78 Å². The second-order valence-corrected chi connectivity index (χ2v) is 5.67. The van der Waals surface area contributed by atoms with Crippen LogP contribution in [0.4, 0.5) is 5.82 Å². The van der Waals surface area contributed by atoms with Gasteiger partial charge in [-0.1, -0.05) is 24.3 Å². The first kappa shape index (κ1) is 12.3. The lowest BCUT2D eigenvalue weighted by atomic mass is 10.1. The van der Waals surface area contributed by atoms with Crippen LogP contribution in [0.3, 0.4) is 0 Å². The van der Waals surface area contributed by atoms with Crippen molar-refractivity contribution >= 4 is 34.3 Å². The third-order valence-corrected chi connectivity index (χ3v) is 4.26. The summed E-state index contributed by atoms with van der Waals surface area (Å²) in [6, 6.07) is 7.59. The van der Waals surface area contributed by atoms with Crippen LogP contribution in [0.5, 0.6) is 0 Å². The van der Waals surface area contributed by atoms with Crippen LogP contribution in [0.15, 0.2) is 30.5 Å². The summed E-state index contributed by atoms with van der Waals surface area (Å²) < 4.78 is 0. The molecule has 0 amide bonds. The Kier molecular flexibility index (Phi) is 3.29. The first-order valence-electron chi connectivity index (χ1n) is 6.21. The normalized spacial score (nSPS) is 15.7. The summed E-state index contributed by atoms with van der Waals surface area (Å²) >= 11 is 1.94. The Morgan fingerprint density at radius 3 is 2.58 bits per heavy atom. The standard InChI is InChI=1S/C14H14N2O2S/c17-14(18)12-9-15-13(16-5-7-19-8-6-16)11-4-2-1-3-10(11)12/h1-4,9H,5-8H2,(H,17,18). The van der Waals surface area contributed by atoms with Gasteiger partial charge in [0.1, 0.15) is 5.82 Å². The van der Waals surface area contributed by atoms with Crippen LogP contribution in [0.2, 0.25) is 0 Å². The lowest BCUT2D eigenvalue weighted by Crippen LogP contribution is -2.33. The number of carboxylic acid groups (broad SMARTS) is 1. The summed E-state index contributed by atoms with van der Waals surface area (Å²) in [6.45, 7) is 1.93.